The molecular formula is C19H19BrN4O4S. The zero-order chi connectivity index (χ0) is 21.1. The number of rotatable bonds is 7. The molecule has 0 aliphatic rings. The fourth-order valence-electron chi connectivity index (χ4n) is 2.65. The van der Waals surface area contributed by atoms with Crippen molar-refractivity contribution in [2.24, 2.45) is 10.8 Å². The number of aryl methyl sites for hydroxylation is 2. The summed E-state index contributed by atoms with van der Waals surface area (Å²) in [5, 5.41) is 4.83. The molecular weight excluding hydrogens is 460 g/mol. The smallest absolute Gasteiger partial charge is 0.282 e. The van der Waals surface area contributed by atoms with E-state index in [1.807, 2.05) is 20.8 Å². The van der Waals surface area contributed by atoms with Gasteiger partial charge >= 0.3 is 0 Å². The molecule has 1 amide bonds. The SMILES string of the molecule is CCOc1cc(C=Nn2cnc3sc(C)c(C)c3c2=O)cc(Br)c1OCC(N)=O. The molecule has 0 radical (unpaired) electrons. The van der Waals surface area contributed by atoms with Crippen LogP contribution in [0.15, 0.2) is 32.8 Å². The second-order valence-corrected chi connectivity index (χ2v) is 8.18. The van der Waals surface area contributed by atoms with Crippen molar-refractivity contribution in [3.63, 3.8) is 0 Å². The predicted octanol–water partition coefficient (Wildman–Crippen LogP) is 2.98. The molecule has 0 aliphatic carbocycles. The number of ether oxygens (including phenoxy) is 2. The number of benzene rings is 1. The molecule has 2 N–H and O–H groups in total. The number of amides is 1. The van der Waals surface area contributed by atoms with Crippen LogP contribution in [-0.4, -0.2) is 35.0 Å². The van der Waals surface area contributed by atoms with Gasteiger partial charge in [0.2, 0.25) is 0 Å². The van der Waals surface area contributed by atoms with Crippen LogP contribution in [0, 0.1) is 13.8 Å². The fourth-order valence-corrected chi connectivity index (χ4v) is 4.21. The Morgan fingerprint density at radius 3 is 2.83 bits per heavy atom. The lowest BCUT2D eigenvalue weighted by atomic mass is 10.2. The van der Waals surface area contributed by atoms with Gasteiger partial charge in [-0.25, -0.2) is 4.98 Å². The second-order valence-electron chi connectivity index (χ2n) is 6.12. The number of fused-ring (bicyclic) bond motifs is 1. The highest BCUT2D eigenvalue weighted by atomic mass is 79.9. The van der Waals surface area contributed by atoms with Crippen LogP contribution in [-0.2, 0) is 4.79 Å². The Balaban J connectivity index is 1.97. The van der Waals surface area contributed by atoms with Gasteiger partial charge in [0.1, 0.15) is 11.2 Å². The monoisotopic (exact) mass is 478 g/mol. The van der Waals surface area contributed by atoms with Gasteiger partial charge in [0.25, 0.3) is 11.5 Å². The van der Waals surface area contributed by atoms with E-state index >= 15 is 0 Å². The van der Waals surface area contributed by atoms with Crippen molar-refractivity contribution < 1.29 is 14.3 Å². The molecule has 0 bridgehead atoms. The summed E-state index contributed by atoms with van der Waals surface area (Å²) in [5.41, 5.74) is 6.50. The van der Waals surface area contributed by atoms with Gasteiger partial charge in [0, 0.05) is 4.88 Å². The van der Waals surface area contributed by atoms with E-state index in [1.54, 1.807) is 12.1 Å². The molecule has 0 saturated heterocycles. The van der Waals surface area contributed by atoms with Gasteiger partial charge in [-0.15, -0.1) is 11.3 Å². The first-order valence-corrected chi connectivity index (χ1v) is 10.3. The van der Waals surface area contributed by atoms with Crippen molar-refractivity contribution in [3.05, 3.63) is 49.3 Å². The normalized spacial score (nSPS) is 11.3. The largest absolute Gasteiger partial charge is 0.490 e. The summed E-state index contributed by atoms with van der Waals surface area (Å²) in [7, 11) is 0. The average molecular weight is 479 g/mol. The average Bonchev–Trinajstić information content (AvgIpc) is 2.95. The van der Waals surface area contributed by atoms with E-state index in [0.29, 0.717) is 38.4 Å². The Hall–Kier alpha value is -2.72. The van der Waals surface area contributed by atoms with Crippen LogP contribution in [0.1, 0.15) is 22.9 Å². The molecule has 29 heavy (non-hydrogen) atoms. The van der Waals surface area contributed by atoms with Crippen LogP contribution in [0.25, 0.3) is 10.2 Å². The molecule has 2 heterocycles. The summed E-state index contributed by atoms with van der Waals surface area (Å²) >= 11 is 4.89. The van der Waals surface area contributed by atoms with Crippen LogP contribution in [0.3, 0.4) is 0 Å². The van der Waals surface area contributed by atoms with Gasteiger partial charge in [-0.1, -0.05) is 0 Å². The molecule has 152 valence electrons. The van der Waals surface area contributed by atoms with Crippen LogP contribution in [0.5, 0.6) is 11.5 Å². The zero-order valence-electron chi connectivity index (χ0n) is 16.1. The number of aromatic nitrogens is 2. The molecule has 0 spiro atoms. The Kier molecular flexibility index (Phi) is 6.33. The number of primary amides is 1. The summed E-state index contributed by atoms with van der Waals surface area (Å²) in [6.07, 6.45) is 2.92. The number of hydrogen-bond donors (Lipinski definition) is 1. The van der Waals surface area contributed by atoms with Gasteiger partial charge in [-0.3, -0.25) is 9.59 Å². The molecule has 0 saturated carbocycles. The van der Waals surface area contributed by atoms with E-state index in [2.05, 4.69) is 26.0 Å². The van der Waals surface area contributed by atoms with E-state index < -0.39 is 5.91 Å². The molecule has 2 aromatic heterocycles. The van der Waals surface area contributed by atoms with Crippen LogP contribution in [0.4, 0.5) is 0 Å². The Morgan fingerprint density at radius 1 is 1.38 bits per heavy atom. The van der Waals surface area contributed by atoms with Crippen molar-refractivity contribution in [2.75, 3.05) is 13.2 Å². The van der Waals surface area contributed by atoms with Crippen LogP contribution < -0.4 is 20.8 Å². The molecule has 0 unspecified atom stereocenters. The highest BCUT2D eigenvalue weighted by Crippen LogP contribution is 2.36. The third kappa shape index (κ3) is 4.48. The summed E-state index contributed by atoms with van der Waals surface area (Å²) in [6.45, 7) is 5.83. The number of hydrogen-bond acceptors (Lipinski definition) is 7. The highest BCUT2D eigenvalue weighted by molar-refractivity contribution is 9.10. The number of carbonyl (C=O) groups excluding carboxylic acids is 1. The molecule has 0 atom stereocenters. The molecule has 1 aromatic carbocycles. The topological polar surface area (TPSA) is 109 Å². The van der Waals surface area contributed by atoms with Crippen LogP contribution >= 0.6 is 27.3 Å². The third-order valence-electron chi connectivity index (χ3n) is 4.09. The van der Waals surface area contributed by atoms with Crippen molar-refractivity contribution in [1.29, 1.82) is 0 Å². The summed E-state index contributed by atoms with van der Waals surface area (Å²) in [6, 6.07) is 3.43. The van der Waals surface area contributed by atoms with E-state index in [1.165, 1.54) is 28.6 Å². The minimum Gasteiger partial charge on any atom is -0.490 e. The molecule has 0 aliphatic heterocycles. The maximum Gasteiger partial charge on any atom is 0.282 e. The lowest BCUT2D eigenvalue weighted by Crippen LogP contribution is -2.20. The standard InChI is InChI=1S/C19H19BrN4O4S/c1-4-27-14-6-12(5-13(20)17(14)28-8-15(21)25)7-23-24-9-22-18-16(19(24)26)10(2)11(3)29-18/h5-7,9H,4,8H2,1-3H3,(H2,21,25). The van der Waals surface area contributed by atoms with E-state index in [4.69, 9.17) is 15.2 Å². The zero-order valence-corrected chi connectivity index (χ0v) is 18.5. The first-order chi connectivity index (χ1) is 13.8. The van der Waals surface area contributed by atoms with Crippen molar-refractivity contribution in [2.45, 2.75) is 20.8 Å². The Labute approximate surface area is 179 Å². The van der Waals surface area contributed by atoms with Crippen LogP contribution in [0.2, 0.25) is 0 Å². The molecule has 3 aromatic rings. The Bertz CT molecular complexity index is 1170. The lowest BCUT2D eigenvalue weighted by Gasteiger charge is -2.13. The van der Waals surface area contributed by atoms with Gasteiger partial charge in [0.15, 0.2) is 18.1 Å². The summed E-state index contributed by atoms with van der Waals surface area (Å²) in [4.78, 5) is 29.8. The summed E-state index contributed by atoms with van der Waals surface area (Å²) in [5.74, 6) is 0.202. The van der Waals surface area contributed by atoms with Gasteiger partial charge in [0.05, 0.1) is 22.7 Å². The quantitative estimate of drug-likeness (QED) is 0.524. The van der Waals surface area contributed by atoms with Gasteiger partial charge in [-0.2, -0.15) is 9.78 Å². The lowest BCUT2D eigenvalue weighted by molar-refractivity contribution is -0.119. The number of thiophene rings is 1. The van der Waals surface area contributed by atoms with Crippen molar-refractivity contribution in [3.8, 4) is 11.5 Å². The number of carbonyl (C=O) groups is 1. The minimum absolute atomic E-state index is 0.224. The fraction of sp³-hybridized carbons (Fsp3) is 0.263. The maximum absolute atomic E-state index is 12.7. The first-order valence-electron chi connectivity index (χ1n) is 8.71. The number of nitrogens with two attached hydrogens (primary N) is 1. The third-order valence-corrected chi connectivity index (χ3v) is 5.80. The van der Waals surface area contributed by atoms with E-state index in [-0.39, 0.29) is 12.2 Å². The molecule has 0 fully saturated rings. The molecule has 8 nitrogen and oxygen atoms in total. The maximum atomic E-state index is 12.7. The second kappa shape index (κ2) is 8.75. The predicted molar refractivity (Wildman–Crippen MR) is 116 cm³/mol. The molecule has 3 rings (SSSR count). The first kappa shape index (κ1) is 21.0. The van der Waals surface area contributed by atoms with E-state index in [9.17, 15) is 9.59 Å². The number of halogens is 1. The minimum atomic E-state index is -0.591. The molecule has 10 heteroatoms. The van der Waals surface area contributed by atoms with E-state index in [0.717, 1.165) is 10.4 Å². The summed E-state index contributed by atoms with van der Waals surface area (Å²) < 4.78 is 12.8. The van der Waals surface area contributed by atoms with Gasteiger partial charge in [-0.05, 0) is 60.0 Å². The van der Waals surface area contributed by atoms with Crippen molar-refractivity contribution >= 4 is 49.6 Å². The highest BCUT2D eigenvalue weighted by Gasteiger charge is 2.14. The van der Waals surface area contributed by atoms with Crippen molar-refractivity contribution in [1.82, 2.24) is 9.66 Å². The number of nitrogens with zero attached hydrogens (tertiary/aromatic N) is 3. The Morgan fingerprint density at radius 2 is 2.14 bits per heavy atom. The van der Waals surface area contributed by atoms with Gasteiger partial charge < -0.3 is 15.2 Å².